The summed E-state index contributed by atoms with van der Waals surface area (Å²) in [5.74, 6) is 0.670. The molecule has 2 amide bonds. The molecular weight excluding hydrogens is 308 g/mol. The summed E-state index contributed by atoms with van der Waals surface area (Å²) in [5.41, 5.74) is 1.88. The van der Waals surface area contributed by atoms with Crippen molar-refractivity contribution < 1.29 is 19.1 Å². The van der Waals surface area contributed by atoms with E-state index < -0.39 is 0 Å². The first-order valence-electron chi connectivity index (χ1n) is 7.40. The molecule has 2 rings (SSSR count). The normalized spacial score (nSPS) is 9.96. The number of amides is 2. The van der Waals surface area contributed by atoms with E-state index in [1.54, 1.807) is 49.5 Å². The second-order valence-electron chi connectivity index (χ2n) is 5.07. The van der Waals surface area contributed by atoms with Crippen LogP contribution in [0.2, 0.25) is 0 Å². The zero-order valence-electron chi connectivity index (χ0n) is 13.9. The minimum Gasteiger partial charge on any atom is -0.497 e. The highest BCUT2D eigenvalue weighted by Crippen LogP contribution is 2.25. The molecule has 2 aromatic carbocycles. The Morgan fingerprint density at radius 2 is 1.71 bits per heavy atom. The summed E-state index contributed by atoms with van der Waals surface area (Å²) in [7, 11) is 4.64. The van der Waals surface area contributed by atoms with E-state index in [1.165, 1.54) is 14.2 Å². The molecule has 0 atom stereocenters. The van der Waals surface area contributed by atoms with Gasteiger partial charge in [0.25, 0.3) is 5.91 Å². The maximum Gasteiger partial charge on any atom is 0.259 e. The van der Waals surface area contributed by atoms with E-state index in [0.717, 1.165) is 5.56 Å². The molecular formula is C18H20N2O4. The molecule has 0 aliphatic rings. The van der Waals surface area contributed by atoms with Gasteiger partial charge in [0.1, 0.15) is 11.5 Å². The number of hydrogen-bond acceptors (Lipinski definition) is 4. The molecule has 0 bridgehead atoms. The Hall–Kier alpha value is -3.02. The molecule has 0 aliphatic heterocycles. The lowest BCUT2D eigenvalue weighted by Crippen LogP contribution is -2.19. The number of carbonyl (C=O) groups is 2. The zero-order valence-corrected chi connectivity index (χ0v) is 13.9. The van der Waals surface area contributed by atoms with E-state index in [9.17, 15) is 9.59 Å². The van der Waals surface area contributed by atoms with Gasteiger partial charge >= 0.3 is 0 Å². The van der Waals surface area contributed by atoms with Crippen LogP contribution in [0, 0.1) is 0 Å². The fourth-order valence-corrected chi connectivity index (χ4v) is 2.17. The summed E-state index contributed by atoms with van der Waals surface area (Å²) >= 11 is 0. The molecule has 0 heterocycles. The highest BCUT2D eigenvalue weighted by atomic mass is 16.5. The first-order chi connectivity index (χ1) is 11.6. The fraction of sp³-hybridized carbons (Fsp3) is 0.222. The summed E-state index contributed by atoms with van der Waals surface area (Å²) in [6, 6.07) is 12.1. The quantitative estimate of drug-likeness (QED) is 0.853. The van der Waals surface area contributed by atoms with Crippen LogP contribution in [0.3, 0.4) is 0 Å². The van der Waals surface area contributed by atoms with Gasteiger partial charge < -0.3 is 20.1 Å². The second-order valence-corrected chi connectivity index (χ2v) is 5.07. The molecule has 0 fully saturated rings. The van der Waals surface area contributed by atoms with Crippen molar-refractivity contribution in [2.24, 2.45) is 0 Å². The third kappa shape index (κ3) is 4.25. The van der Waals surface area contributed by atoms with Crippen molar-refractivity contribution in [1.29, 1.82) is 0 Å². The molecule has 2 N–H and O–H groups in total. The molecule has 0 saturated carbocycles. The van der Waals surface area contributed by atoms with Crippen molar-refractivity contribution in [1.82, 2.24) is 5.32 Å². The average Bonchev–Trinajstić information content (AvgIpc) is 2.62. The highest BCUT2D eigenvalue weighted by molar-refractivity contribution is 6.06. The van der Waals surface area contributed by atoms with Crippen LogP contribution in [0.25, 0.3) is 0 Å². The van der Waals surface area contributed by atoms with Gasteiger partial charge in [0.15, 0.2) is 0 Å². The van der Waals surface area contributed by atoms with Crippen LogP contribution >= 0.6 is 0 Å². The number of benzene rings is 2. The number of nitrogens with one attached hydrogen (secondary N) is 2. The molecule has 0 unspecified atom stereocenters. The topological polar surface area (TPSA) is 76.7 Å². The maximum absolute atomic E-state index is 12.5. The summed E-state index contributed by atoms with van der Waals surface area (Å²) in [4.78, 5) is 23.8. The molecule has 6 nitrogen and oxygen atoms in total. The minimum atomic E-state index is -0.301. The number of methoxy groups -OCH3 is 2. The number of hydrogen-bond donors (Lipinski definition) is 2. The summed E-state index contributed by atoms with van der Waals surface area (Å²) < 4.78 is 10.4. The van der Waals surface area contributed by atoms with E-state index in [4.69, 9.17) is 9.47 Å². The van der Waals surface area contributed by atoms with Gasteiger partial charge in [-0.15, -0.1) is 0 Å². The highest BCUT2D eigenvalue weighted by Gasteiger charge is 2.14. The molecule has 0 aromatic heterocycles. The Kier molecular flexibility index (Phi) is 5.78. The van der Waals surface area contributed by atoms with E-state index >= 15 is 0 Å². The van der Waals surface area contributed by atoms with Gasteiger partial charge in [-0.25, -0.2) is 0 Å². The number of likely N-dealkylation sites (N-methyl/N-ethyl adjacent to an activating group) is 1. The lowest BCUT2D eigenvalue weighted by atomic mass is 10.1. The van der Waals surface area contributed by atoms with Gasteiger partial charge in [-0.3, -0.25) is 9.59 Å². The van der Waals surface area contributed by atoms with Gasteiger partial charge in [-0.1, -0.05) is 12.1 Å². The third-order valence-corrected chi connectivity index (χ3v) is 3.51. The monoisotopic (exact) mass is 328 g/mol. The largest absolute Gasteiger partial charge is 0.497 e. The Balaban J connectivity index is 2.13. The number of anilines is 1. The number of carbonyl (C=O) groups excluding carboxylic acids is 2. The van der Waals surface area contributed by atoms with Gasteiger partial charge in [0, 0.05) is 12.7 Å². The van der Waals surface area contributed by atoms with Crippen LogP contribution in [0.4, 0.5) is 5.69 Å². The van der Waals surface area contributed by atoms with Crippen LogP contribution in [0.5, 0.6) is 11.5 Å². The second kappa shape index (κ2) is 8.01. The van der Waals surface area contributed by atoms with Crippen molar-refractivity contribution in [3.8, 4) is 11.5 Å². The lowest BCUT2D eigenvalue weighted by molar-refractivity contribution is -0.119. The zero-order chi connectivity index (χ0) is 17.5. The number of ether oxygens (including phenoxy) is 2. The molecule has 0 saturated heterocycles. The van der Waals surface area contributed by atoms with Gasteiger partial charge in [0.05, 0.1) is 26.2 Å². The first kappa shape index (κ1) is 17.3. The van der Waals surface area contributed by atoms with Crippen LogP contribution in [0.1, 0.15) is 15.9 Å². The van der Waals surface area contributed by atoms with Crippen LogP contribution in [-0.2, 0) is 11.2 Å². The predicted molar refractivity (Wildman–Crippen MR) is 91.7 cm³/mol. The Bertz CT molecular complexity index is 726. The minimum absolute atomic E-state index is 0.0621. The van der Waals surface area contributed by atoms with E-state index in [2.05, 4.69) is 10.6 Å². The van der Waals surface area contributed by atoms with Crippen LogP contribution < -0.4 is 20.1 Å². The third-order valence-electron chi connectivity index (χ3n) is 3.51. The summed E-state index contributed by atoms with van der Waals surface area (Å²) in [6.45, 7) is 0. The van der Waals surface area contributed by atoms with Crippen molar-refractivity contribution in [3.05, 3.63) is 53.6 Å². The maximum atomic E-state index is 12.5. The fourth-order valence-electron chi connectivity index (χ4n) is 2.17. The Morgan fingerprint density at radius 1 is 1.00 bits per heavy atom. The van der Waals surface area contributed by atoms with Crippen LogP contribution in [-0.4, -0.2) is 33.1 Å². The van der Waals surface area contributed by atoms with Gasteiger partial charge in [0.2, 0.25) is 5.91 Å². The SMILES string of the molecule is CNC(=O)Cc1ccc(NC(=O)c2cc(OC)ccc2OC)cc1. The summed E-state index contributed by atoms with van der Waals surface area (Å²) in [6.07, 6.45) is 0.300. The van der Waals surface area contributed by atoms with Crippen molar-refractivity contribution >= 4 is 17.5 Å². The molecule has 24 heavy (non-hydrogen) atoms. The Labute approximate surface area is 140 Å². The smallest absolute Gasteiger partial charge is 0.259 e. The Morgan fingerprint density at radius 3 is 2.29 bits per heavy atom. The molecule has 6 heteroatoms. The van der Waals surface area contributed by atoms with E-state index in [1.807, 2.05) is 0 Å². The predicted octanol–water partition coefficient (Wildman–Crippen LogP) is 2.24. The van der Waals surface area contributed by atoms with Crippen molar-refractivity contribution in [2.75, 3.05) is 26.6 Å². The molecule has 126 valence electrons. The van der Waals surface area contributed by atoms with Crippen molar-refractivity contribution in [3.63, 3.8) is 0 Å². The van der Waals surface area contributed by atoms with E-state index in [-0.39, 0.29) is 11.8 Å². The van der Waals surface area contributed by atoms with Gasteiger partial charge in [-0.2, -0.15) is 0 Å². The number of rotatable bonds is 6. The molecule has 0 spiro atoms. The lowest BCUT2D eigenvalue weighted by Gasteiger charge is -2.11. The van der Waals surface area contributed by atoms with Crippen LogP contribution in [0.15, 0.2) is 42.5 Å². The average molecular weight is 328 g/mol. The summed E-state index contributed by atoms with van der Waals surface area (Å²) in [5, 5.41) is 5.37. The van der Waals surface area contributed by atoms with Crippen molar-refractivity contribution in [2.45, 2.75) is 6.42 Å². The molecule has 0 radical (unpaired) electrons. The standard InChI is InChI=1S/C18H20N2O4/c1-19-17(21)10-12-4-6-13(7-5-12)20-18(22)15-11-14(23-2)8-9-16(15)24-3/h4-9,11H,10H2,1-3H3,(H,19,21)(H,20,22). The van der Waals surface area contributed by atoms with Gasteiger partial charge in [-0.05, 0) is 35.9 Å². The first-order valence-corrected chi connectivity index (χ1v) is 7.40. The van der Waals surface area contributed by atoms with E-state index in [0.29, 0.717) is 29.2 Å². The molecule has 2 aromatic rings. The molecule has 0 aliphatic carbocycles.